The van der Waals surface area contributed by atoms with E-state index in [1.807, 2.05) is 6.26 Å². The molecule has 12 N–H and O–H groups in total. The number of nitrogens with two attached hydrogens (primary N) is 4. The van der Waals surface area contributed by atoms with Crippen molar-refractivity contribution in [3.63, 3.8) is 0 Å². The van der Waals surface area contributed by atoms with Crippen LogP contribution in [0.3, 0.4) is 0 Å². The van der Waals surface area contributed by atoms with Crippen LogP contribution in [-0.4, -0.2) is 83.4 Å². The van der Waals surface area contributed by atoms with E-state index >= 15 is 0 Å². The van der Waals surface area contributed by atoms with Gasteiger partial charge in [0, 0.05) is 19.4 Å². The zero-order valence-corrected chi connectivity index (χ0v) is 23.3. The maximum Gasteiger partial charge on any atom is 0.326 e. The van der Waals surface area contributed by atoms with Gasteiger partial charge < -0.3 is 44.0 Å². The number of nitrogens with zero attached hydrogens (tertiary/aromatic N) is 1. The summed E-state index contributed by atoms with van der Waals surface area (Å²) in [5, 5.41) is 17.2. The van der Waals surface area contributed by atoms with E-state index in [4.69, 9.17) is 22.9 Å². The highest BCUT2D eigenvalue weighted by Gasteiger charge is 2.30. The predicted molar refractivity (Wildman–Crippen MR) is 153 cm³/mol. The van der Waals surface area contributed by atoms with Crippen LogP contribution in [0.15, 0.2) is 35.3 Å². The molecule has 0 aromatic heterocycles. The first-order valence-electron chi connectivity index (χ1n) is 12.7. The molecule has 0 bridgehead atoms. The van der Waals surface area contributed by atoms with Gasteiger partial charge in [0.1, 0.15) is 18.1 Å². The van der Waals surface area contributed by atoms with Crippen LogP contribution >= 0.6 is 11.8 Å². The summed E-state index contributed by atoms with van der Waals surface area (Å²) in [7, 11) is 0. The lowest BCUT2D eigenvalue weighted by Gasteiger charge is -2.25. The standard InChI is InChI=1S/C25H40N8O6S/c1-40-13-11-16(26)21(35)31-17(8-5-12-30-25(28)29)22(36)32-18(9-10-20(27)34)23(37)33-19(24(38)39)14-15-6-3-2-4-7-15/h2-4,6-7,16-19H,5,8-14,26H2,1H3,(H2,27,34)(H,31,35)(H,32,36)(H,33,37)(H,38,39)(H4,28,29,30). The third-order valence-electron chi connectivity index (χ3n) is 5.76. The molecular weight excluding hydrogens is 540 g/mol. The Morgan fingerprint density at radius 2 is 1.45 bits per heavy atom. The van der Waals surface area contributed by atoms with Crippen LogP contribution in [0, 0.1) is 0 Å². The third-order valence-corrected chi connectivity index (χ3v) is 6.40. The van der Waals surface area contributed by atoms with Crippen molar-refractivity contribution < 1.29 is 29.1 Å². The van der Waals surface area contributed by atoms with Gasteiger partial charge in [0.15, 0.2) is 5.96 Å². The minimum atomic E-state index is -1.31. The monoisotopic (exact) mass is 580 g/mol. The van der Waals surface area contributed by atoms with Gasteiger partial charge in [0.25, 0.3) is 0 Å². The molecule has 0 radical (unpaired) electrons. The van der Waals surface area contributed by atoms with E-state index in [1.165, 1.54) is 11.8 Å². The Hall–Kier alpha value is -3.85. The number of aliphatic carboxylic acids is 1. The molecule has 0 aliphatic heterocycles. The summed E-state index contributed by atoms with van der Waals surface area (Å²) in [6.07, 6.45) is 2.23. The molecule has 0 saturated heterocycles. The van der Waals surface area contributed by atoms with Gasteiger partial charge in [-0.2, -0.15) is 11.8 Å². The van der Waals surface area contributed by atoms with Crippen molar-refractivity contribution >= 4 is 47.3 Å². The van der Waals surface area contributed by atoms with Crippen LogP contribution < -0.4 is 38.9 Å². The summed E-state index contributed by atoms with van der Waals surface area (Å²) in [6.45, 7) is 0.186. The van der Waals surface area contributed by atoms with Gasteiger partial charge in [-0.05, 0) is 43.3 Å². The molecule has 1 rings (SSSR count). The second kappa shape index (κ2) is 18.4. The zero-order chi connectivity index (χ0) is 30.1. The highest BCUT2D eigenvalue weighted by atomic mass is 32.2. The van der Waals surface area contributed by atoms with Gasteiger partial charge in [-0.3, -0.25) is 24.2 Å². The molecule has 0 spiro atoms. The summed E-state index contributed by atoms with van der Waals surface area (Å²) in [5.74, 6) is -3.58. The Morgan fingerprint density at radius 3 is 2.00 bits per heavy atom. The third kappa shape index (κ3) is 13.8. The molecule has 4 amide bonds. The SMILES string of the molecule is CSCCC(N)C(=O)NC(CCCN=C(N)N)C(=O)NC(CCC(N)=O)C(=O)NC(Cc1ccccc1)C(=O)O. The van der Waals surface area contributed by atoms with Crippen molar-refractivity contribution in [1.29, 1.82) is 0 Å². The Bertz CT molecular complexity index is 1020. The van der Waals surface area contributed by atoms with E-state index < -0.39 is 53.8 Å². The molecule has 1 aromatic rings. The largest absolute Gasteiger partial charge is 0.480 e. The first-order chi connectivity index (χ1) is 18.9. The fraction of sp³-hybridized carbons (Fsp3) is 0.520. The number of nitrogens with one attached hydrogen (secondary N) is 3. The second-order valence-corrected chi connectivity index (χ2v) is 10.0. The summed E-state index contributed by atoms with van der Waals surface area (Å²) in [6, 6.07) is 4.11. The van der Waals surface area contributed by atoms with Crippen LogP contribution in [0.1, 0.15) is 37.7 Å². The van der Waals surface area contributed by atoms with E-state index in [1.54, 1.807) is 30.3 Å². The fourth-order valence-electron chi connectivity index (χ4n) is 3.58. The first-order valence-corrected chi connectivity index (χ1v) is 14.1. The number of carboxylic acid groups (broad SMARTS) is 1. The molecule has 0 saturated carbocycles. The Balaban J connectivity index is 3.06. The maximum atomic E-state index is 13.2. The minimum Gasteiger partial charge on any atom is -0.480 e. The number of carbonyl (C=O) groups excluding carboxylic acids is 4. The fourth-order valence-corrected chi connectivity index (χ4v) is 4.07. The molecule has 222 valence electrons. The number of thioether (sulfide) groups is 1. The first kappa shape index (κ1) is 34.2. The molecule has 4 atom stereocenters. The van der Waals surface area contributed by atoms with Gasteiger partial charge in [0.2, 0.25) is 23.6 Å². The number of hydrogen-bond donors (Lipinski definition) is 8. The van der Waals surface area contributed by atoms with Crippen LogP contribution in [0.2, 0.25) is 0 Å². The van der Waals surface area contributed by atoms with Crippen molar-refractivity contribution in [3.8, 4) is 0 Å². The number of carbonyl (C=O) groups is 5. The van der Waals surface area contributed by atoms with Crippen molar-refractivity contribution in [2.45, 2.75) is 62.7 Å². The maximum absolute atomic E-state index is 13.2. The number of amides is 4. The normalized spacial score (nSPS) is 13.7. The van der Waals surface area contributed by atoms with E-state index in [-0.39, 0.29) is 38.2 Å². The van der Waals surface area contributed by atoms with Crippen molar-refractivity contribution in [1.82, 2.24) is 16.0 Å². The summed E-state index contributed by atoms with van der Waals surface area (Å²) in [4.78, 5) is 66.1. The lowest BCUT2D eigenvalue weighted by Crippen LogP contribution is -2.57. The summed E-state index contributed by atoms with van der Waals surface area (Å²) in [5.41, 5.74) is 22.5. The van der Waals surface area contributed by atoms with E-state index in [9.17, 15) is 29.1 Å². The number of benzene rings is 1. The number of hydrogen-bond acceptors (Lipinski definition) is 8. The lowest BCUT2D eigenvalue weighted by atomic mass is 10.0. The average molecular weight is 581 g/mol. The molecule has 0 aliphatic carbocycles. The topological polar surface area (TPSA) is 258 Å². The number of aliphatic imine (C=N–C) groups is 1. The molecule has 1 aromatic carbocycles. The number of primary amides is 1. The van der Waals surface area contributed by atoms with Gasteiger partial charge in [-0.15, -0.1) is 0 Å². The smallest absolute Gasteiger partial charge is 0.326 e. The van der Waals surface area contributed by atoms with Gasteiger partial charge in [-0.1, -0.05) is 30.3 Å². The molecular formula is C25H40N8O6S. The van der Waals surface area contributed by atoms with Crippen LogP contribution in [0.4, 0.5) is 0 Å². The van der Waals surface area contributed by atoms with Gasteiger partial charge in [-0.25, -0.2) is 4.79 Å². The molecule has 0 heterocycles. The molecule has 15 heteroatoms. The lowest BCUT2D eigenvalue weighted by molar-refractivity contribution is -0.142. The molecule has 4 unspecified atom stereocenters. The Kier molecular flexibility index (Phi) is 15.8. The van der Waals surface area contributed by atoms with Crippen molar-refractivity contribution in [2.24, 2.45) is 27.9 Å². The molecule has 0 fully saturated rings. The highest BCUT2D eigenvalue weighted by molar-refractivity contribution is 7.98. The van der Waals surface area contributed by atoms with Crippen molar-refractivity contribution in [3.05, 3.63) is 35.9 Å². The van der Waals surface area contributed by atoms with E-state index in [0.29, 0.717) is 24.2 Å². The summed E-state index contributed by atoms with van der Waals surface area (Å²) >= 11 is 1.52. The highest BCUT2D eigenvalue weighted by Crippen LogP contribution is 2.08. The minimum absolute atomic E-state index is 0.00416. The van der Waals surface area contributed by atoms with Gasteiger partial charge >= 0.3 is 5.97 Å². The van der Waals surface area contributed by atoms with Crippen LogP contribution in [-0.2, 0) is 30.4 Å². The Morgan fingerprint density at radius 1 is 0.875 bits per heavy atom. The number of guanidine groups is 1. The van der Waals surface area contributed by atoms with Crippen LogP contribution in [0.5, 0.6) is 0 Å². The molecule has 0 aliphatic rings. The Labute approximate surface area is 237 Å². The average Bonchev–Trinajstić information content (AvgIpc) is 2.90. The molecule has 40 heavy (non-hydrogen) atoms. The number of rotatable bonds is 19. The van der Waals surface area contributed by atoms with E-state index in [0.717, 1.165) is 0 Å². The van der Waals surface area contributed by atoms with E-state index in [2.05, 4.69) is 20.9 Å². The van der Waals surface area contributed by atoms with Crippen LogP contribution in [0.25, 0.3) is 0 Å². The molecule has 14 nitrogen and oxygen atoms in total. The van der Waals surface area contributed by atoms with Gasteiger partial charge in [0.05, 0.1) is 6.04 Å². The zero-order valence-electron chi connectivity index (χ0n) is 22.5. The summed E-state index contributed by atoms with van der Waals surface area (Å²) < 4.78 is 0. The quantitative estimate of drug-likeness (QED) is 0.0515. The van der Waals surface area contributed by atoms with Crippen molar-refractivity contribution in [2.75, 3.05) is 18.6 Å². The predicted octanol–water partition coefficient (Wildman–Crippen LogP) is -1.83. The number of carboxylic acids is 1. The second-order valence-electron chi connectivity index (χ2n) is 9.05.